The number of alkyl halides is 9. The number of hydrogen-bond donors (Lipinski definition) is 1. The maximum Gasteiger partial charge on any atom is 1.00 e. The molecule has 0 aliphatic carbocycles. The normalized spacial score (nSPS) is 16.4. The van der Waals surface area contributed by atoms with Gasteiger partial charge in [-0.3, -0.25) is 0 Å². The van der Waals surface area contributed by atoms with Crippen molar-refractivity contribution in [2.75, 3.05) is 0 Å². The third-order valence-electron chi connectivity index (χ3n) is 1.34. The van der Waals surface area contributed by atoms with Gasteiger partial charge in [-0.25, -0.2) is 4.21 Å². The molecule has 0 bridgehead atoms. The van der Waals surface area contributed by atoms with Crippen LogP contribution in [0.4, 0.5) is 39.5 Å². The molecule has 0 spiro atoms. The molecule has 100 valence electrons. The third-order valence-corrected chi connectivity index (χ3v) is 2.03. The predicted molar refractivity (Wildman–Crippen MR) is 32.8 cm³/mol. The molecule has 0 aromatic carbocycles. The van der Waals surface area contributed by atoms with E-state index in [4.69, 9.17) is 4.55 Å². The molecule has 0 saturated carbocycles. The standard InChI is InChI=1S/C4HF9O2S.Na.H/c5-1(6,3(9,10)11)2(7,8)4(12,13)16(14)15;;/h(H,14,15);;/q;+1;-1. The van der Waals surface area contributed by atoms with Gasteiger partial charge in [-0.15, -0.1) is 0 Å². The van der Waals surface area contributed by atoms with E-state index in [1.165, 1.54) is 0 Å². The van der Waals surface area contributed by atoms with Crippen molar-refractivity contribution in [3.8, 4) is 0 Å². The van der Waals surface area contributed by atoms with Crippen molar-refractivity contribution in [1.29, 1.82) is 0 Å². The van der Waals surface area contributed by atoms with E-state index >= 15 is 0 Å². The fourth-order valence-electron chi connectivity index (χ4n) is 0.470. The molecule has 1 atom stereocenters. The van der Waals surface area contributed by atoms with Gasteiger partial charge in [0.05, 0.1) is 0 Å². The van der Waals surface area contributed by atoms with E-state index in [-0.39, 0.29) is 31.0 Å². The molecule has 17 heavy (non-hydrogen) atoms. The monoisotopic (exact) mass is 308 g/mol. The first kappa shape index (κ1) is 19.8. The minimum absolute atomic E-state index is 0. The molecule has 1 unspecified atom stereocenters. The summed E-state index contributed by atoms with van der Waals surface area (Å²) in [6, 6.07) is 0. The Morgan fingerprint density at radius 2 is 1.12 bits per heavy atom. The van der Waals surface area contributed by atoms with E-state index in [1.807, 2.05) is 0 Å². The third kappa shape index (κ3) is 3.08. The van der Waals surface area contributed by atoms with Crippen molar-refractivity contribution >= 4 is 11.1 Å². The van der Waals surface area contributed by atoms with Gasteiger partial charge < -0.3 is 5.98 Å². The first-order chi connectivity index (χ1) is 6.69. The van der Waals surface area contributed by atoms with E-state index in [1.54, 1.807) is 0 Å². The van der Waals surface area contributed by atoms with Crippen LogP contribution >= 0.6 is 0 Å². The van der Waals surface area contributed by atoms with Crippen LogP contribution in [0.3, 0.4) is 0 Å². The van der Waals surface area contributed by atoms with Crippen LogP contribution in [0.25, 0.3) is 0 Å². The van der Waals surface area contributed by atoms with Gasteiger partial charge in [0, 0.05) is 0 Å². The zero-order valence-electron chi connectivity index (χ0n) is 8.67. The smallest absolute Gasteiger partial charge is 1.00 e. The molecule has 0 aliphatic rings. The van der Waals surface area contributed by atoms with Crippen LogP contribution in [0.5, 0.6) is 0 Å². The summed E-state index contributed by atoms with van der Waals surface area (Å²) in [6.07, 6.45) is -6.99. The molecule has 0 aliphatic heterocycles. The summed E-state index contributed by atoms with van der Waals surface area (Å²) < 4.78 is 124. The van der Waals surface area contributed by atoms with Gasteiger partial charge in [0.2, 0.25) is 11.1 Å². The summed E-state index contributed by atoms with van der Waals surface area (Å²) >= 11 is -4.89. The molecular weight excluding hydrogens is 306 g/mol. The molecular formula is C4H2F9NaO2S. The second-order valence-corrected chi connectivity index (χ2v) is 3.42. The Labute approximate surface area is 114 Å². The van der Waals surface area contributed by atoms with E-state index in [9.17, 15) is 43.7 Å². The fraction of sp³-hybridized carbons (Fsp3) is 1.00. The number of rotatable bonds is 3. The van der Waals surface area contributed by atoms with Crippen molar-refractivity contribution in [1.82, 2.24) is 0 Å². The van der Waals surface area contributed by atoms with Crippen molar-refractivity contribution in [3.05, 3.63) is 0 Å². The van der Waals surface area contributed by atoms with E-state index < -0.39 is 34.4 Å². The second kappa shape index (κ2) is 5.23. The predicted octanol–water partition coefficient (Wildman–Crippen LogP) is -0.250. The van der Waals surface area contributed by atoms with Crippen LogP contribution < -0.4 is 29.6 Å². The van der Waals surface area contributed by atoms with Gasteiger partial charge in [0.15, 0.2) is 0 Å². The average molecular weight is 308 g/mol. The molecule has 0 aromatic rings. The van der Waals surface area contributed by atoms with E-state index in [2.05, 4.69) is 0 Å². The van der Waals surface area contributed by atoms with Gasteiger partial charge in [-0.2, -0.15) is 39.5 Å². The molecule has 0 fully saturated rings. The topological polar surface area (TPSA) is 37.3 Å². The van der Waals surface area contributed by atoms with Crippen LogP contribution in [0.1, 0.15) is 1.43 Å². The maximum atomic E-state index is 12.2. The van der Waals surface area contributed by atoms with Gasteiger partial charge >= 0.3 is 52.8 Å². The largest absolute Gasteiger partial charge is 1.00 e. The summed E-state index contributed by atoms with van der Waals surface area (Å²) in [5.74, 6) is -14.2. The van der Waals surface area contributed by atoms with Crippen molar-refractivity contribution in [3.63, 3.8) is 0 Å². The molecule has 0 radical (unpaired) electrons. The van der Waals surface area contributed by atoms with Gasteiger partial charge in [-0.05, 0) is 0 Å². The molecule has 1 N–H and O–H groups in total. The van der Waals surface area contributed by atoms with E-state index in [0.717, 1.165) is 0 Å². The summed E-state index contributed by atoms with van der Waals surface area (Å²) in [7, 11) is 0. The molecule has 0 amide bonds. The Morgan fingerprint density at radius 3 is 1.29 bits per heavy atom. The molecule has 13 heteroatoms. The molecule has 0 heterocycles. The summed E-state index contributed by atoms with van der Waals surface area (Å²) in [6.45, 7) is 0. The van der Waals surface area contributed by atoms with Gasteiger partial charge in [-0.1, -0.05) is 0 Å². The van der Waals surface area contributed by atoms with Gasteiger partial charge in [0.25, 0.3) is 0 Å². The minimum Gasteiger partial charge on any atom is -1.00 e. The van der Waals surface area contributed by atoms with E-state index in [0.29, 0.717) is 0 Å². The van der Waals surface area contributed by atoms with Crippen LogP contribution in [-0.4, -0.2) is 32.0 Å². The molecule has 2 nitrogen and oxygen atoms in total. The quantitative estimate of drug-likeness (QED) is 0.444. The molecule has 0 saturated heterocycles. The zero-order valence-corrected chi connectivity index (χ0v) is 10.5. The number of halogens is 9. The zero-order chi connectivity index (χ0) is 13.6. The molecule has 0 aromatic heterocycles. The SMILES string of the molecule is O=S(O)C(F)(F)C(F)(F)C(F)(F)C(F)(F)F.[H-].[Na+]. The fourth-order valence-corrected chi connectivity index (χ4v) is 0.818. The first-order valence-electron chi connectivity index (χ1n) is 3.00. The second-order valence-electron chi connectivity index (χ2n) is 2.41. The van der Waals surface area contributed by atoms with Crippen molar-refractivity contribution in [2.45, 2.75) is 23.3 Å². The summed E-state index contributed by atoms with van der Waals surface area (Å²) in [5, 5.41) is -6.44. The van der Waals surface area contributed by atoms with Crippen molar-refractivity contribution < 1.29 is 79.3 Å². The maximum absolute atomic E-state index is 12.2. The van der Waals surface area contributed by atoms with Crippen LogP contribution in [0.15, 0.2) is 0 Å². The Hall–Kier alpha value is 0.480. The van der Waals surface area contributed by atoms with Crippen LogP contribution in [0.2, 0.25) is 0 Å². The summed E-state index contributed by atoms with van der Waals surface area (Å²) in [4.78, 5) is 0. The van der Waals surface area contributed by atoms with Crippen LogP contribution in [0, 0.1) is 0 Å². The Bertz CT molecular complexity index is 305. The Balaban J connectivity index is -0.00000112. The molecule has 0 rings (SSSR count). The average Bonchev–Trinajstić information content (AvgIpc) is 2.00. The first-order valence-corrected chi connectivity index (χ1v) is 4.11. The van der Waals surface area contributed by atoms with Gasteiger partial charge in [0.1, 0.15) is 0 Å². The van der Waals surface area contributed by atoms with Crippen molar-refractivity contribution in [2.24, 2.45) is 0 Å². The summed E-state index contributed by atoms with van der Waals surface area (Å²) in [5.41, 5.74) is 0. The minimum atomic E-state index is -7.14. The number of hydrogen-bond acceptors (Lipinski definition) is 1. The van der Waals surface area contributed by atoms with Crippen LogP contribution in [-0.2, 0) is 11.1 Å². The Morgan fingerprint density at radius 1 is 0.824 bits per heavy atom. The Kier molecular flexibility index (Phi) is 6.09.